The maximum absolute atomic E-state index is 11.4. The first kappa shape index (κ1) is 17.5. The van der Waals surface area contributed by atoms with Gasteiger partial charge >= 0.3 is 0 Å². The van der Waals surface area contributed by atoms with Crippen LogP contribution in [0.1, 0.15) is 11.8 Å². The fourth-order valence-corrected chi connectivity index (χ4v) is 2.67. The Kier molecular flexibility index (Phi) is 6.68. The summed E-state index contributed by atoms with van der Waals surface area (Å²) in [5, 5.41) is 2.81. The van der Waals surface area contributed by atoms with Crippen molar-refractivity contribution >= 4 is 29.7 Å². The molecule has 0 aliphatic heterocycles. The summed E-state index contributed by atoms with van der Waals surface area (Å²) in [6, 6.07) is 11.5. The van der Waals surface area contributed by atoms with Crippen molar-refractivity contribution in [3.63, 3.8) is 0 Å². The summed E-state index contributed by atoms with van der Waals surface area (Å²) in [6.07, 6.45) is 0. The minimum Gasteiger partial charge on any atom is -0.497 e. The van der Waals surface area contributed by atoms with Crippen LogP contribution in [0.25, 0.3) is 10.4 Å². The fraction of sp³-hybridized carbons (Fsp3) is 0.267. The third-order valence-corrected chi connectivity index (χ3v) is 4.02. The van der Waals surface area contributed by atoms with Gasteiger partial charge in [0.1, 0.15) is 5.75 Å². The van der Waals surface area contributed by atoms with E-state index < -0.39 is 6.04 Å². The lowest BCUT2D eigenvalue weighted by molar-refractivity contribution is -0.122. The third-order valence-electron chi connectivity index (χ3n) is 2.89. The van der Waals surface area contributed by atoms with Gasteiger partial charge in [-0.05, 0) is 48.9 Å². The summed E-state index contributed by atoms with van der Waals surface area (Å²) >= 11 is 1.66. The summed E-state index contributed by atoms with van der Waals surface area (Å²) in [5.74, 6) is 0.708. The molecule has 0 unspecified atom stereocenters. The lowest BCUT2D eigenvalue weighted by Crippen LogP contribution is -2.37. The molecule has 0 spiro atoms. The number of thiophene rings is 1. The van der Waals surface area contributed by atoms with Crippen molar-refractivity contribution in [1.82, 2.24) is 5.32 Å². The molecule has 0 saturated carbocycles. The van der Waals surface area contributed by atoms with Gasteiger partial charge < -0.3 is 15.8 Å². The molecule has 0 aliphatic carbocycles. The largest absolute Gasteiger partial charge is 0.497 e. The van der Waals surface area contributed by atoms with Gasteiger partial charge in [-0.2, -0.15) is 0 Å². The molecule has 3 N–H and O–H groups in total. The Morgan fingerprint density at radius 1 is 1.29 bits per heavy atom. The van der Waals surface area contributed by atoms with Gasteiger partial charge in [0.15, 0.2) is 0 Å². The number of ether oxygens (including phenoxy) is 1. The number of carbonyl (C=O) groups excluding carboxylic acids is 1. The number of methoxy groups -OCH3 is 1. The molecular weight excluding hydrogens is 308 g/mol. The standard InChI is InChI=1S/C15H18N2O2S.ClH/c1-10(16)15(18)17-9-13-7-8-14(20-13)11-3-5-12(19-2)6-4-11;/h3-8,10H,9,16H2,1-2H3,(H,17,18);1H/t10-;/m1./s1. The smallest absolute Gasteiger partial charge is 0.236 e. The highest BCUT2D eigenvalue weighted by Crippen LogP contribution is 2.29. The fourth-order valence-electron chi connectivity index (χ4n) is 1.72. The number of hydrogen-bond acceptors (Lipinski definition) is 4. The van der Waals surface area contributed by atoms with E-state index in [1.54, 1.807) is 25.4 Å². The predicted octanol–water partition coefficient (Wildman–Crippen LogP) is 2.81. The van der Waals surface area contributed by atoms with E-state index in [0.29, 0.717) is 6.54 Å². The van der Waals surface area contributed by atoms with E-state index in [-0.39, 0.29) is 18.3 Å². The lowest BCUT2D eigenvalue weighted by Gasteiger charge is -2.05. The van der Waals surface area contributed by atoms with Crippen molar-refractivity contribution < 1.29 is 9.53 Å². The average molecular weight is 327 g/mol. The van der Waals surface area contributed by atoms with Crippen LogP contribution in [0.15, 0.2) is 36.4 Å². The molecule has 0 radical (unpaired) electrons. The molecule has 0 bridgehead atoms. The lowest BCUT2D eigenvalue weighted by atomic mass is 10.2. The maximum atomic E-state index is 11.4. The van der Waals surface area contributed by atoms with Crippen LogP contribution in [-0.4, -0.2) is 19.1 Å². The number of halogens is 1. The molecule has 6 heteroatoms. The maximum Gasteiger partial charge on any atom is 0.236 e. The average Bonchev–Trinajstić information content (AvgIpc) is 2.93. The summed E-state index contributed by atoms with van der Waals surface area (Å²) in [4.78, 5) is 13.7. The SMILES string of the molecule is COc1ccc(-c2ccc(CNC(=O)[C@@H](C)N)s2)cc1.Cl. The van der Waals surface area contributed by atoms with E-state index in [2.05, 4.69) is 11.4 Å². The normalized spacial score (nSPS) is 11.4. The van der Waals surface area contributed by atoms with Crippen molar-refractivity contribution in [3.05, 3.63) is 41.3 Å². The van der Waals surface area contributed by atoms with Crippen LogP contribution in [-0.2, 0) is 11.3 Å². The molecule has 21 heavy (non-hydrogen) atoms. The van der Waals surface area contributed by atoms with Gasteiger partial charge in [0.05, 0.1) is 19.7 Å². The minimum absolute atomic E-state index is 0. The first-order chi connectivity index (χ1) is 9.60. The summed E-state index contributed by atoms with van der Waals surface area (Å²) in [7, 11) is 1.65. The number of carbonyl (C=O) groups is 1. The van der Waals surface area contributed by atoms with Crippen molar-refractivity contribution in [2.75, 3.05) is 7.11 Å². The monoisotopic (exact) mass is 326 g/mol. The highest BCUT2D eigenvalue weighted by Gasteiger charge is 2.08. The Labute approximate surface area is 134 Å². The number of amides is 1. The first-order valence-electron chi connectivity index (χ1n) is 6.36. The zero-order chi connectivity index (χ0) is 14.5. The second-order valence-corrected chi connectivity index (χ2v) is 5.67. The van der Waals surface area contributed by atoms with Crippen LogP contribution in [0.3, 0.4) is 0 Å². The number of hydrogen-bond donors (Lipinski definition) is 2. The number of nitrogens with two attached hydrogens (primary N) is 1. The molecule has 1 amide bonds. The van der Waals surface area contributed by atoms with Crippen LogP contribution >= 0.6 is 23.7 Å². The Morgan fingerprint density at radius 3 is 2.52 bits per heavy atom. The first-order valence-corrected chi connectivity index (χ1v) is 7.18. The van der Waals surface area contributed by atoms with E-state index in [1.165, 1.54) is 0 Å². The summed E-state index contributed by atoms with van der Waals surface area (Å²) < 4.78 is 5.14. The highest BCUT2D eigenvalue weighted by molar-refractivity contribution is 7.15. The van der Waals surface area contributed by atoms with Gasteiger partial charge in [-0.3, -0.25) is 4.79 Å². The zero-order valence-electron chi connectivity index (χ0n) is 12.0. The molecule has 2 rings (SSSR count). The van der Waals surface area contributed by atoms with E-state index in [0.717, 1.165) is 21.1 Å². The Balaban J connectivity index is 0.00000220. The van der Waals surface area contributed by atoms with E-state index in [4.69, 9.17) is 10.5 Å². The number of benzene rings is 1. The molecule has 0 aliphatic rings. The van der Waals surface area contributed by atoms with E-state index in [9.17, 15) is 4.79 Å². The predicted molar refractivity (Wildman–Crippen MR) is 89.1 cm³/mol. The van der Waals surface area contributed by atoms with Crippen LogP contribution in [0.4, 0.5) is 0 Å². The Bertz CT molecular complexity index is 582. The van der Waals surface area contributed by atoms with Crippen LogP contribution in [0, 0.1) is 0 Å². The summed E-state index contributed by atoms with van der Waals surface area (Å²) in [6.45, 7) is 2.19. The van der Waals surface area contributed by atoms with Crippen LogP contribution in [0.2, 0.25) is 0 Å². The molecular formula is C15H19ClN2O2S. The van der Waals surface area contributed by atoms with Gasteiger partial charge in [-0.15, -0.1) is 23.7 Å². The quantitative estimate of drug-likeness (QED) is 0.888. The zero-order valence-corrected chi connectivity index (χ0v) is 13.6. The van der Waals surface area contributed by atoms with Gasteiger partial charge in [0.2, 0.25) is 5.91 Å². The van der Waals surface area contributed by atoms with Crippen LogP contribution in [0.5, 0.6) is 5.75 Å². The molecule has 2 aromatic rings. The molecule has 0 fully saturated rings. The van der Waals surface area contributed by atoms with Crippen molar-refractivity contribution in [3.8, 4) is 16.2 Å². The van der Waals surface area contributed by atoms with E-state index >= 15 is 0 Å². The third kappa shape index (κ3) is 4.74. The minimum atomic E-state index is -0.476. The van der Waals surface area contributed by atoms with Crippen molar-refractivity contribution in [2.24, 2.45) is 5.73 Å². The summed E-state index contributed by atoms with van der Waals surface area (Å²) in [5.41, 5.74) is 6.64. The Morgan fingerprint density at radius 2 is 1.95 bits per heavy atom. The molecule has 114 valence electrons. The van der Waals surface area contributed by atoms with Gasteiger partial charge in [0.25, 0.3) is 0 Å². The molecule has 4 nitrogen and oxygen atoms in total. The molecule has 1 aromatic carbocycles. The van der Waals surface area contributed by atoms with Crippen molar-refractivity contribution in [2.45, 2.75) is 19.5 Å². The second-order valence-electron chi connectivity index (χ2n) is 4.50. The molecule has 1 atom stereocenters. The topological polar surface area (TPSA) is 64.3 Å². The molecule has 1 aromatic heterocycles. The number of nitrogens with one attached hydrogen (secondary N) is 1. The molecule has 0 saturated heterocycles. The van der Waals surface area contributed by atoms with Gasteiger partial charge in [0, 0.05) is 9.75 Å². The van der Waals surface area contributed by atoms with Crippen molar-refractivity contribution in [1.29, 1.82) is 0 Å². The Hall–Kier alpha value is -1.56. The number of rotatable bonds is 5. The second kappa shape index (κ2) is 8.02. The van der Waals surface area contributed by atoms with E-state index in [1.807, 2.05) is 30.3 Å². The highest BCUT2D eigenvalue weighted by atomic mass is 35.5. The van der Waals surface area contributed by atoms with Crippen LogP contribution < -0.4 is 15.8 Å². The van der Waals surface area contributed by atoms with Gasteiger partial charge in [-0.25, -0.2) is 0 Å². The molecule has 1 heterocycles. The van der Waals surface area contributed by atoms with Gasteiger partial charge in [-0.1, -0.05) is 0 Å².